The van der Waals surface area contributed by atoms with Gasteiger partial charge in [0.1, 0.15) is 5.69 Å². The molecule has 2 aromatic rings. The number of aromatic nitrogens is 3. The lowest BCUT2D eigenvalue weighted by Gasteiger charge is -2.15. The number of hydrogen-bond donors (Lipinski definition) is 1. The molecule has 26 heavy (non-hydrogen) atoms. The third-order valence-electron chi connectivity index (χ3n) is 5.15. The number of rotatable bonds is 5. The van der Waals surface area contributed by atoms with Gasteiger partial charge in [0.15, 0.2) is 0 Å². The maximum absolute atomic E-state index is 12.7. The fourth-order valence-electron chi connectivity index (χ4n) is 3.56. The molecule has 7 nitrogen and oxygen atoms in total. The number of esters is 1. The Morgan fingerprint density at radius 1 is 1.27 bits per heavy atom. The van der Waals surface area contributed by atoms with Crippen molar-refractivity contribution in [2.24, 2.45) is 5.92 Å². The molecular formula is C19H22N4O3. The zero-order valence-corrected chi connectivity index (χ0v) is 14.8. The first-order chi connectivity index (χ1) is 12.6. The van der Waals surface area contributed by atoms with Crippen LogP contribution in [-0.4, -0.2) is 52.2 Å². The Balaban J connectivity index is 1.37. The predicted molar refractivity (Wildman–Crippen MR) is 93.9 cm³/mol. The minimum absolute atomic E-state index is 0.00270. The molecule has 7 heteroatoms. The van der Waals surface area contributed by atoms with E-state index in [4.69, 9.17) is 4.74 Å². The van der Waals surface area contributed by atoms with E-state index in [1.165, 1.54) is 26.1 Å². The summed E-state index contributed by atoms with van der Waals surface area (Å²) < 4.78 is 4.74. The van der Waals surface area contributed by atoms with Crippen molar-refractivity contribution in [1.82, 2.24) is 20.1 Å². The first-order valence-electron chi connectivity index (χ1n) is 9.01. The van der Waals surface area contributed by atoms with Crippen molar-refractivity contribution in [2.75, 3.05) is 20.2 Å². The van der Waals surface area contributed by atoms with Crippen molar-refractivity contribution in [3.05, 3.63) is 47.0 Å². The summed E-state index contributed by atoms with van der Waals surface area (Å²) in [6.07, 6.45) is 7.37. The van der Waals surface area contributed by atoms with Crippen molar-refractivity contribution in [1.29, 1.82) is 0 Å². The average Bonchev–Trinajstić information content (AvgIpc) is 3.21. The van der Waals surface area contributed by atoms with Crippen molar-refractivity contribution in [2.45, 2.75) is 31.6 Å². The number of carbonyl (C=O) groups excluding carboxylic acids is 2. The minimum atomic E-state index is -0.382. The number of nitrogens with one attached hydrogen (secondary N) is 1. The van der Waals surface area contributed by atoms with Gasteiger partial charge in [-0.15, -0.1) is 0 Å². The van der Waals surface area contributed by atoms with E-state index in [0.717, 1.165) is 30.6 Å². The number of hydrogen-bond acceptors (Lipinski definition) is 5. The number of ether oxygens (including phenoxy) is 1. The van der Waals surface area contributed by atoms with Gasteiger partial charge in [-0.3, -0.25) is 14.9 Å². The zero-order chi connectivity index (χ0) is 18.1. The lowest BCUT2D eigenvalue weighted by molar-refractivity contribution is 0.0600. The molecule has 4 rings (SSSR count). The van der Waals surface area contributed by atoms with Gasteiger partial charge < -0.3 is 9.64 Å². The van der Waals surface area contributed by atoms with Gasteiger partial charge in [-0.25, -0.2) is 4.79 Å². The van der Waals surface area contributed by atoms with Crippen LogP contribution in [-0.2, 0) is 11.2 Å². The molecule has 1 saturated carbocycles. The largest absolute Gasteiger partial charge is 0.465 e. The topological polar surface area (TPSA) is 88.2 Å². The summed E-state index contributed by atoms with van der Waals surface area (Å²) in [5, 5.41) is 7.19. The maximum Gasteiger partial charge on any atom is 0.339 e. The second-order valence-corrected chi connectivity index (χ2v) is 7.17. The van der Waals surface area contributed by atoms with Gasteiger partial charge in [-0.2, -0.15) is 5.10 Å². The molecule has 3 heterocycles. The Bertz CT molecular complexity index is 828. The molecule has 1 saturated heterocycles. The number of methoxy groups -OCH3 is 1. The molecule has 2 fully saturated rings. The van der Waals surface area contributed by atoms with Crippen LogP contribution in [0.15, 0.2) is 24.5 Å². The molecule has 0 aromatic carbocycles. The summed E-state index contributed by atoms with van der Waals surface area (Å²) in [5.74, 6) is 0.533. The number of pyridine rings is 1. The van der Waals surface area contributed by atoms with Gasteiger partial charge >= 0.3 is 5.97 Å². The first kappa shape index (κ1) is 16.8. The number of nitrogens with zero attached hydrogens (tertiary/aromatic N) is 3. The minimum Gasteiger partial charge on any atom is -0.465 e. The second-order valence-electron chi connectivity index (χ2n) is 7.17. The van der Waals surface area contributed by atoms with Gasteiger partial charge in [-0.05, 0) is 49.3 Å². The highest BCUT2D eigenvalue weighted by molar-refractivity contribution is 5.92. The molecule has 1 atom stereocenters. The Morgan fingerprint density at radius 3 is 2.88 bits per heavy atom. The summed E-state index contributed by atoms with van der Waals surface area (Å²) in [6.45, 7) is 1.44. The normalized spacial score (nSPS) is 19.6. The van der Waals surface area contributed by atoms with Crippen molar-refractivity contribution < 1.29 is 14.3 Å². The molecule has 1 unspecified atom stereocenters. The lowest BCUT2D eigenvalue weighted by Crippen LogP contribution is -2.29. The fraction of sp³-hybridized carbons (Fsp3) is 0.474. The van der Waals surface area contributed by atoms with Crippen LogP contribution >= 0.6 is 0 Å². The molecule has 0 spiro atoms. The molecule has 0 bridgehead atoms. The number of H-pyrrole nitrogens is 1. The summed E-state index contributed by atoms with van der Waals surface area (Å²) in [4.78, 5) is 30.3. The highest BCUT2D eigenvalue weighted by Crippen LogP contribution is 2.39. The van der Waals surface area contributed by atoms with Crippen LogP contribution in [0.1, 0.15) is 57.3 Å². The Labute approximate surface area is 151 Å². The van der Waals surface area contributed by atoms with Gasteiger partial charge in [0.25, 0.3) is 5.91 Å². The Hall–Kier alpha value is -2.70. The van der Waals surface area contributed by atoms with Crippen LogP contribution in [0, 0.1) is 5.92 Å². The van der Waals surface area contributed by atoms with Crippen molar-refractivity contribution in [3.8, 4) is 0 Å². The standard InChI is InChI=1S/C19H22N4O3/c1-26-19(25)15-7-13(9-20-10-15)6-12-4-5-23(11-12)18(24)17-8-16(21-22-17)14-2-3-14/h7-10,12,14H,2-6,11H2,1H3,(H,21,22). The van der Waals surface area contributed by atoms with E-state index in [-0.39, 0.29) is 11.9 Å². The van der Waals surface area contributed by atoms with E-state index < -0.39 is 0 Å². The summed E-state index contributed by atoms with van der Waals surface area (Å²) in [5.41, 5.74) is 3.04. The Kier molecular flexibility index (Phi) is 4.44. The van der Waals surface area contributed by atoms with Gasteiger partial charge in [0.05, 0.1) is 12.7 Å². The first-order valence-corrected chi connectivity index (χ1v) is 9.01. The van der Waals surface area contributed by atoms with E-state index in [1.54, 1.807) is 6.20 Å². The van der Waals surface area contributed by atoms with Crippen LogP contribution < -0.4 is 0 Å². The quantitative estimate of drug-likeness (QED) is 0.832. The lowest BCUT2D eigenvalue weighted by atomic mass is 9.99. The third-order valence-corrected chi connectivity index (χ3v) is 5.15. The predicted octanol–water partition coefficient (Wildman–Crippen LogP) is 2.17. The van der Waals surface area contributed by atoms with Crippen LogP contribution in [0.25, 0.3) is 0 Å². The van der Waals surface area contributed by atoms with E-state index in [1.807, 2.05) is 17.0 Å². The molecule has 1 amide bonds. The molecule has 1 aliphatic carbocycles. The molecule has 136 valence electrons. The van der Waals surface area contributed by atoms with E-state index >= 15 is 0 Å². The molecule has 2 aromatic heterocycles. The summed E-state index contributed by atoms with van der Waals surface area (Å²) >= 11 is 0. The second kappa shape index (κ2) is 6.90. The van der Waals surface area contributed by atoms with E-state index in [9.17, 15) is 9.59 Å². The van der Waals surface area contributed by atoms with Crippen molar-refractivity contribution in [3.63, 3.8) is 0 Å². The van der Waals surface area contributed by atoms with E-state index in [0.29, 0.717) is 29.6 Å². The van der Waals surface area contributed by atoms with Crippen molar-refractivity contribution >= 4 is 11.9 Å². The highest BCUT2D eigenvalue weighted by Gasteiger charge is 2.31. The smallest absolute Gasteiger partial charge is 0.339 e. The molecule has 2 aliphatic rings. The maximum atomic E-state index is 12.7. The molecule has 1 aliphatic heterocycles. The zero-order valence-electron chi connectivity index (χ0n) is 14.8. The van der Waals surface area contributed by atoms with Gasteiger partial charge in [-0.1, -0.05) is 0 Å². The Morgan fingerprint density at radius 2 is 2.12 bits per heavy atom. The van der Waals surface area contributed by atoms with Crippen LogP contribution in [0.2, 0.25) is 0 Å². The third kappa shape index (κ3) is 3.47. The van der Waals surface area contributed by atoms with Crippen LogP contribution in [0.4, 0.5) is 0 Å². The van der Waals surface area contributed by atoms with Crippen LogP contribution in [0.3, 0.4) is 0 Å². The highest BCUT2D eigenvalue weighted by atomic mass is 16.5. The number of carbonyl (C=O) groups is 2. The van der Waals surface area contributed by atoms with E-state index in [2.05, 4.69) is 15.2 Å². The molecule has 1 N–H and O–H groups in total. The summed E-state index contributed by atoms with van der Waals surface area (Å²) in [6, 6.07) is 3.72. The SMILES string of the molecule is COC(=O)c1cncc(CC2CCN(C(=O)c3cc(C4CC4)[nH]n3)C2)c1. The average molecular weight is 354 g/mol. The summed E-state index contributed by atoms with van der Waals surface area (Å²) in [7, 11) is 1.36. The molecule has 0 radical (unpaired) electrons. The number of aromatic amines is 1. The van der Waals surface area contributed by atoms with Gasteiger partial charge in [0, 0.05) is 37.1 Å². The number of amides is 1. The fourth-order valence-corrected chi connectivity index (χ4v) is 3.56. The van der Waals surface area contributed by atoms with Crippen LogP contribution in [0.5, 0.6) is 0 Å². The van der Waals surface area contributed by atoms with Gasteiger partial charge in [0.2, 0.25) is 0 Å². The molecular weight excluding hydrogens is 332 g/mol. The number of likely N-dealkylation sites (tertiary alicyclic amines) is 1. The monoisotopic (exact) mass is 354 g/mol.